The van der Waals surface area contributed by atoms with Crippen molar-refractivity contribution in [2.45, 2.75) is 29.8 Å². The molecule has 3 heterocycles. The van der Waals surface area contributed by atoms with Gasteiger partial charge in [-0.05, 0) is 38.3 Å². The van der Waals surface area contributed by atoms with Gasteiger partial charge in [0.25, 0.3) is 0 Å². The van der Waals surface area contributed by atoms with E-state index in [1.54, 1.807) is 0 Å². The van der Waals surface area contributed by atoms with Crippen molar-refractivity contribution in [1.82, 2.24) is 4.90 Å². The first-order chi connectivity index (χ1) is 7.42. The minimum Gasteiger partial charge on any atom is -0.302 e. The summed E-state index contributed by atoms with van der Waals surface area (Å²) in [6, 6.07) is 0. The van der Waals surface area contributed by atoms with Gasteiger partial charge in [-0.2, -0.15) is 0 Å². The first kappa shape index (κ1) is 9.98. The molecule has 82 valence electrons. The van der Waals surface area contributed by atoms with Crippen LogP contribution in [0.3, 0.4) is 0 Å². The third-order valence-electron chi connectivity index (χ3n) is 3.89. The van der Waals surface area contributed by atoms with Gasteiger partial charge < -0.3 is 4.90 Å². The van der Waals surface area contributed by atoms with Crippen LogP contribution in [-0.2, 0) is 0 Å². The first-order valence-corrected chi connectivity index (χ1v) is 7.07. The third kappa shape index (κ3) is 2.16. The lowest BCUT2D eigenvalue weighted by Gasteiger charge is -2.45. The molecule has 3 saturated heterocycles. The summed E-state index contributed by atoms with van der Waals surface area (Å²) in [6.07, 6.45) is 13.2. The number of nitrogens with zero attached hydrogens (tertiary/aromatic N) is 1. The molecule has 2 atom stereocenters. The largest absolute Gasteiger partial charge is 0.302 e. The molecule has 0 N–H and O–H groups in total. The molecule has 1 aliphatic carbocycles. The van der Waals surface area contributed by atoms with Crippen LogP contribution in [-0.4, -0.2) is 35.0 Å². The number of allylic oxidation sites excluding steroid dienone is 3. The fraction of sp³-hybridized carbons (Fsp3) is 0.692. The predicted molar refractivity (Wildman–Crippen MR) is 67.2 cm³/mol. The molecule has 0 aromatic carbocycles. The van der Waals surface area contributed by atoms with E-state index >= 15 is 0 Å². The van der Waals surface area contributed by atoms with Crippen molar-refractivity contribution in [2.24, 2.45) is 5.92 Å². The van der Waals surface area contributed by atoms with Gasteiger partial charge in [-0.3, -0.25) is 0 Å². The summed E-state index contributed by atoms with van der Waals surface area (Å²) in [7, 11) is 0. The van der Waals surface area contributed by atoms with Crippen LogP contribution in [0, 0.1) is 5.92 Å². The quantitative estimate of drug-likeness (QED) is 0.705. The Hall–Kier alpha value is -0.210. The summed E-state index contributed by atoms with van der Waals surface area (Å²) < 4.78 is 0. The lowest BCUT2D eigenvalue weighted by atomic mass is 9.88. The summed E-state index contributed by atoms with van der Waals surface area (Å²) in [6.45, 7) is 4.08. The van der Waals surface area contributed by atoms with E-state index in [1.165, 1.54) is 38.9 Å². The highest BCUT2D eigenvalue weighted by Crippen LogP contribution is 2.38. The molecule has 0 amide bonds. The van der Waals surface area contributed by atoms with Crippen molar-refractivity contribution < 1.29 is 0 Å². The molecule has 2 heteroatoms. The minimum atomic E-state index is 0.751. The molecule has 3 aliphatic heterocycles. The Balaban J connectivity index is 1.59. The Morgan fingerprint density at radius 1 is 1.13 bits per heavy atom. The van der Waals surface area contributed by atoms with Crippen LogP contribution >= 0.6 is 11.8 Å². The van der Waals surface area contributed by atoms with Crippen molar-refractivity contribution in [2.75, 3.05) is 19.6 Å². The number of rotatable bonds is 2. The SMILES string of the molecule is C1=CCC(S[C@H]2CN3CCC2CC3)C=C1. The van der Waals surface area contributed by atoms with E-state index in [2.05, 4.69) is 41.0 Å². The maximum atomic E-state index is 2.65. The third-order valence-corrected chi connectivity index (χ3v) is 5.47. The summed E-state index contributed by atoms with van der Waals surface area (Å²) >= 11 is 2.22. The Morgan fingerprint density at radius 3 is 2.60 bits per heavy atom. The van der Waals surface area contributed by atoms with Crippen LogP contribution in [0.2, 0.25) is 0 Å². The van der Waals surface area contributed by atoms with Crippen molar-refractivity contribution >= 4 is 11.8 Å². The lowest BCUT2D eigenvalue weighted by molar-refractivity contribution is 0.118. The fourth-order valence-corrected chi connectivity index (χ4v) is 4.59. The first-order valence-electron chi connectivity index (χ1n) is 6.13. The molecule has 0 aromatic heterocycles. The van der Waals surface area contributed by atoms with E-state index in [1.807, 2.05) is 0 Å². The summed E-state index contributed by atoms with van der Waals surface area (Å²) in [5.74, 6) is 1.01. The van der Waals surface area contributed by atoms with Crippen molar-refractivity contribution in [3.05, 3.63) is 24.3 Å². The standard InChI is InChI=1S/C13H19NS/c1-2-4-12(5-3-1)15-13-10-14-8-6-11(13)7-9-14/h1-4,11-13H,5-10H2/t12?,13-/m0/s1. The monoisotopic (exact) mass is 221 g/mol. The molecular formula is C13H19NS. The van der Waals surface area contributed by atoms with Gasteiger partial charge in [0, 0.05) is 17.0 Å². The second-order valence-corrected chi connectivity index (χ2v) is 6.38. The number of piperidine rings is 3. The molecule has 2 bridgehead atoms. The number of hydrogen-bond donors (Lipinski definition) is 0. The van der Waals surface area contributed by atoms with E-state index in [0.717, 1.165) is 16.4 Å². The van der Waals surface area contributed by atoms with Crippen molar-refractivity contribution in [1.29, 1.82) is 0 Å². The van der Waals surface area contributed by atoms with Crippen LogP contribution in [0.5, 0.6) is 0 Å². The lowest BCUT2D eigenvalue weighted by Crippen LogP contribution is -2.49. The van der Waals surface area contributed by atoms with Gasteiger partial charge in [0.05, 0.1) is 0 Å². The molecule has 0 radical (unpaired) electrons. The van der Waals surface area contributed by atoms with E-state index in [4.69, 9.17) is 0 Å². The van der Waals surface area contributed by atoms with Gasteiger partial charge in [-0.1, -0.05) is 24.3 Å². The average molecular weight is 221 g/mol. The molecule has 0 spiro atoms. The number of fused-ring (bicyclic) bond motifs is 3. The smallest absolute Gasteiger partial charge is 0.0268 e. The molecule has 4 aliphatic rings. The van der Waals surface area contributed by atoms with Gasteiger partial charge in [0.2, 0.25) is 0 Å². The molecule has 1 unspecified atom stereocenters. The maximum absolute atomic E-state index is 2.65. The van der Waals surface area contributed by atoms with Gasteiger partial charge in [0.15, 0.2) is 0 Å². The summed E-state index contributed by atoms with van der Waals surface area (Å²) in [5, 5.41) is 1.66. The molecular weight excluding hydrogens is 202 g/mol. The van der Waals surface area contributed by atoms with E-state index in [0.29, 0.717) is 0 Å². The molecule has 3 fully saturated rings. The summed E-state index contributed by atoms with van der Waals surface area (Å²) in [4.78, 5) is 2.65. The molecule has 0 aromatic rings. The minimum absolute atomic E-state index is 0.751. The van der Waals surface area contributed by atoms with Crippen LogP contribution < -0.4 is 0 Å². The zero-order chi connectivity index (χ0) is 10.1. The zero-order valence-electron chi connectivity index (χ0n) is 9.14. The van der Waals surface area contributed by atoms with E-state index in [9.17, 15) is 0 Å². The Labute approximate surface area is 96.6 Å². The summed E-state index contributed by atoms with van der Waals surface area (Å²) in [5.41, 5.74) is 0. The van der Waals surface area contributed by atoms with Crippen LogP contribution in [0.15, 0.2) is 24.3 Å². The van der Waals surface area contributed by atoms with Gasteiger partial charge in [-0.15, -0.1) is 11.8 Å². The van der Waals surface area contributed by atoms with Gasteiger partial charge >= 0.3 is 0 Å². The van der Waals surface area contributed by atoms with Crippen LogP contribution in [0.4, 0.5) is 0 Å². The number of thioether (sulfide) groups is 1. The van der Waals surface area contributed by atoms with E-state index in [-0.39, 0.29) is 0 Å². The second-order valence-electron chi connectivity index (χ2n) is 4.90. The van der Waals surface area contributed by atoms with Gasteiger partial charge in [0.1, 0.15) is 0 Å². The van der Waals surface area contributed by atoms with Crippen molar-refractivity contribution in [3.8, 4) is 0 Å². The van der Waals surface area contributed by atoms with E-state index < -0.39 is 0 Å². The molecule has 15 heavy (non-hydrogen) atoms. The normalized spacial score (nSPS) is 43.5. The average Bonchev–Trinajstić information content (AvgIpc) is 2.32. The Kier molecular flexibility index (Phi) is 2.89. The highest BCUT2D eigenvalue weighted by Gasteiger charge is 2.35. The Bertz CT molecular complexity index is 276. The van der Waals surface area contributed by atoms with Crippen LogP contribution in [0.1, 0.15) is 19.3 Å². The fourth-order valence-electron chi connectivity index (χ4n) is 2.95. The topological polar surface area (TPSA) is 3.24 Å². The predicted octanol–water partition coefficient (Wildman–Crippen LogP) is 2.70. The molecule has 1 nitrogen and oxygen atoms in total. The maximum Gasteiger partial charge on any atom is 0.0268 e. The molecule has 4 rings (SSSR count). The zero-order valence-corrected chi connectivity index (χ0v) is 9.96. The highest BCUT2D eigenvalue weighted by molar-refractivity contribution is 8.00. The number of hydrogen-bond acceptors (Lipinski definition) is 2. The molecule has 0 saturated carbocycles. The van der Waals surface area contributed by atoms with Crippen LogP contribution in [0.25, 0.3) is 0 Å². The second kappa shape index (κ2) is 4.34. The Morgan fingerprint density at radius 2 is 2.00 bits per heavy atom. The van der Waals surface area contributed by atoms with Gasteiger partial charge in [-0.25, -0.2) is 0 Å². The van der Waals surface area contributed by atoms with Crippen molar-refractivity contribution in [3.63, 3.8) is 0 Å². The highest BCUT2D eigenvalue weighted by atomic mass is 32.2.